The first-order chi connectivity index (χ1) is 13.2. The summed E-state index contributed by atoms with van der Waals surface area (Å²) >= 11 is 0. The van der Waals surface area contributed by atoms with Gasteiger partial charge in [-0.2, -0.15) is 5.10 Å². The molecule has 1 aliphatic carbocycles. The highest BCUT2D eigenvalue weighted by atomic mass is 16.2. The van der Waals surface area contributed by atoms with Crippen molar-refractivity contribution in [3.8, 4) is 0 Å². The normalized spacial score (nSPS) is 17.0. The summed E-state index contributed by atoms with van der Waals surface area (Å²) in [6.07, 6.45) is 6.08. The lowest BCUT2D eigenvalue weighted by atomic mass is 9.96. The van der Waals surface area contributed by atoms with Crippen LogP contribution in [0.1, 0.15) is 34.5 Å². The van der Waals surface area contributed by atoms with Crippen LogP contribution in [0.2, 0.25) is 0 Å². The number of fused-ring (bicyclic) bond motifs is 2. The highest BCUT2D eigenvalue weighted by Crippen LogP contribution is 2.24. The molecule has 3 heterocycles. The van der Waals surface area contributed by atoms with Gasteiger partial charge < -0.3 is 9.88 Å². The average molecular weight is 362 g/mol. The molecule has 0 unspecified atom stereocenters. The lowest BCUT2D eigenvalue weighted by Gasteiger charge is -2.39. The van der Waals surface area contributed by atoms with Crippen LogP contribution in [0.5, 0.6) is 0 Å². The molecule has 1 N–H and O–H groups in total. The van der Waals surface area contributed by atoms with Gasteiger partial charge in [0.1, 0.15) is 0 Å². The lowest BCUT2D eigenvalue weighted by molar-refractivity contribution is 0.0460. The van der Waals surface area contributed by atoms with Crippen LogP contribution in [0.15, 0.2) is 41.3 Å². The van der Waals surface area contributed by atoms with Crippen molar-refractivity contribution >= 4 is 16.8 Å². The number of hydrogen-bond acceptors (Lipinski definition) is 3. The van der Waals surface area contributed by atoms with Crippen LogP contribution in [0.25, 0.3) is 10.9 Å². The molecule has 6 nitrogen and oxygen atoms in total. The second-order valence-electron chi connectivity index (χ2n) is 7.66. The summed E-state index contributed by atoms with van der Waals surface area (Å²) in [5.74, 6) is 0.341. The number of nitrogens with one attached hydrogen (secondary N) is 1. The first-order valence-electron chi connectivity index (χ1n) is 9.64. The molecular formula is C21H22N4O2. The molecule has 1 saturated heterocycles. The maximum absolute atomic E-state index is 12.8. The number of hydrogen-bond donors (Lipinski definition) is 1. The van der Waals surface area contributed by atoms with Gasteiger partial charge in [-0.15, -0.1) is 0 Å². The third-order valence-electron chi connectivity index (χ3n) is 5.77. The van der Waals surface area contributed by atoms with Crippen molar-refractivity contribution in [3.63, 3.8) is 0 Å². The molecule has 0 bridgehead atoms. The molecule has 2 aliphatic rings. The van der Waals surface area contributed by atoms with E-state index in [1.165, 1.54) is 0 Å². The van der Waals surface area contributed by atoms with E-state index >= 15 is 0 Å². The molecular weight excluding hydrogens is 340 g/mol. The number of H-pyrrole nitrogens is 1. The Kier molecular flexibility index (Phi) is 3.85. The number of likely N-dealkylation sites (tertiary alicyclic amines) is 1. The zero-order valence-corrected chi connectivity index (χ0v) is 15.1. The van der Waals surface area contributed by atoms with E-state index in [-0.39, 0.29) is 17.4 Å². The van der Waals surface area contributed by atoms with Crippen LogP contribution in [0.3, 0.4) is 0 Å². The zero-order chi connectivity index (χ0) is 18.4. The van der Waals surface area contributed by atoms with Crippen LogP contribution in [0.4, 0.5) is 0 Å². The summed E-state index contributed by atoms with van der Waals surface area (Å²) in [4.78, 5) is 30.2. The highest BCUT2D eigenvalue weighted by molar-refractivity contribution is 6.06. The molecule has 138 valence electrons. The smallest absolute Gasteiger partial charge is 0.267 e. The van der Waals surface area contributed by atoms with E-state index in [9.17, 15) is 9.59 Å². The van der Waals surface area contributed by atoms with Gasteiger partial charge in [-0.3, -0.25) is 9.59 Å². The predicted octanol–water partition coefficient (Wildman–Crippen LogP) is 2.38. The number of aromatic nitrogens is 3. The SMILES string of the molecule is O=C(c1cccc2[nH]ccc12)N1CC(Cn2nc3c(cc2=O)CCCC3)C1. The fourth-order valence-corrected chi connectivity index (χ4v) is 4.27. The molecule has 0 saturated carbocycles. The summed E-state index contributed by atoms with van der Waals surface area (Å²) in [5, 5.41) is 5.55. The van der Waals surface area contributed by atoms with Crippen molar-refractivity contribution in [3.05, 3.63) is 63.7 Å². The fourth-order valence-electron chi connectivity index (χ4n) is 4.27. The Labute approximate surface area is 156 Å². The minimum atomic E-state index is -0.0162. The molecule has 1 amide bonds. The first kappa shape index (κ1) is 16.3. The van der Waals surface area contributed by atoms with Gasteiger partial charge in [0.05, 0.1) is 12.2 Å². The molecule has 6 heteroatoms. The standard InChI is InChI=1S/C21H22N4O2/c26-20-10-15-4-1-2-6-18(15)23-25(20)13-14-11-24(12-14)21(27)17-5-3-7-19-16(17)8-9-22-19/h3,5,7-10,14,22H,1-2,4,6,11-13H2. The maximum Gasteiger partial charge on any atom is 0.267 e. The minimum absolute atomic E-state index is 0.0162. The second-order valence-corrected chi connectivity index (χ2v) is 7.66. The van der Waals surface area contributed by atoms with Crippen LogP contribution in [0, 0.1) is 5.92 Å². The fraction of sp³-hybridized carbons (Fsp3) is 0.381. The second kappa shape index (κ2) is 6.37. The van der Waals surface area contributed by atoms with Gasteiger partial charge >= 0.3 is 0 Å². The minimum Gasteiger partial charge on any atom is -0.361 e. The van der Waals surface area contributed by atoms with E-state index in [2.05, 4.69) is 10.1 Å². The number of benzene rings is 1. The molecule has 1 aliphatic heterocycles. The van der Waals surface area contributed by atoms with Crippen molar-refractivity contribution in [2.75, 3.05) is 13.1 Å². The third-order valence-corrected chi connectivity index (χ3v) is 5.77. The Morgan fingerprint density at radius 1 is 1.19 bits per heavy atom. The Bertz CT molecular complexity index is 1080. The summed E-state index contributed by atoms with van der Waals surface area (Å²) in [7, 11) is 0. The number of aromatic amines is 1. The van der Waals surface area contributed by atoms with Gasteiger partial charge in [-0.1, -0.05) is 6.07 Å². The predicted molar refractivity (Wildman–Crippen MR) is 103 cm³/mol. The lowest BCUT2D eigenvalue weighted by Crippen LogP contribution is -2.52. The van der Waals surface area contributed by atoms with Gasteiger partial charge in [0.2, 0.25) is 0 Å². The van der Waals surface area contributed by atoms with Gasteiger partial charge in [0.15, 0.2) is 0 Å². The topological polar surface area (TPSA) is 71.0 Å². The van der Waals surface area contributed by atoms with Gasteiger partial charge in [-0.05, 0) is 49.4 Å². The van der Waals surface area contributed by atoms with Crippen LogP contribution < -0.4 is 5.56 Å². The zero-order valence-electron chi connectivity index (χ0n) is 15.1. The van der Waals surface area contributed by atoms with Crippen molar-refractivity contribution in [1.29, 1.82) is 0 Å². The van der Waals surface area contributed by atoms with Gasteiger partial charge in [0.25, 0.3) is 11.5 Å². The molecule has 0 atom stereocenters. The number of amides is 1. The number of rotatable bonds is 3. The largest absolute Gasteiger partial charge is 0.361 e. The molecule has 2 aromatic heterocycles. The summed E-state index contributed by atoms with van der Waals surface area (Å²) in [6.45, 7) is 1.93. The van der Waals surface area contributed by atoms with E-state index in [1.807, 2.05) is 35.4 Å². The number of carbonyl (C=O) groups is 1. The van der Waals surface area contributed by atoms with E-state index in [1.54, 1.807) is 10.7 Å². The molecule has 0 spiro atoms. The van der Waals surface area contributed by atoms with Crippen LogP contribution >= 0.6 is 0 Å². The van der Waals surface area contributed by atoms with Crippen LogP contribution in [-0.4, -0.2) is 38.7 Å². The van der Waals surface area contributed by atoms with E-state index < -0.39 is 0 Å². The number of aryl methyl sites for hydroxylation is 2. The van der Waals surface area contributed by atoms with Gasteiger partial charge in [0, 0.05) is 47.7 Å². The van der Waals surface area contributed by atoms with E-state index in [0.717, 1.165) is 53.4 Å². The Morgan fingerprint density at radius 2 is 2.04 bits per heavy atom. The first-order valence-corrected chi connectivity index (χ1v) is 9.64. The van der Waals surface area contributed by atoms with E-state index in [4.69, 9.17) is 0 Å². The number of carbonyl (C=O) groups excluding carboxylic acids is 1. The monoisotopic (exact) mass is 362 g/mol. The van der Waals surface area contributed by atoms with Crippen LogP contribution in [-0.2, 0) is 19.4 Å². The van der Waals surface area contributed by atoms with Crippen molar-refractivity contribution in [1.82, 2.24) is 19.7 Å². The van der Waals surface area contributed by atoms with Crippen molar-refractivity contribution in [2.45, 2.75) is 32.2 Å². The molecule has 5 rings (SSSR count). The molecule has 27 heavy (non-hydrogen) atoms. The summed E-state index contributed by atoms with van der Waals surface area (Å²) in [5.41, 5.74) is 3.89. The Balaban J connectivity index is 1.28. The molecule has 3 aromatic rings. The Morgan fingerprint density at radius 3 is 2.93 bits per heavy atom. The third kappa shape index (κ3) is 2.85. The quantitative estimate of drug-likeness (QED) is 0.778. The Hall–Kier alpha value is -2.89. The maximum atomic E-state index is 12.8. The highest BCUT2D eigenvalue weighted by Gasteiger charge is 2.32. The van der Waals surface area contributed by atoms with Gasteiger partial charge in [-0.25, -0.2) is 4.68 Å². The van der Waals surface area contributed by atoms with Crippen molar-refractivity contribution in [2.24, 2.45) is 5.92 Å². The molecule has 1 aromatic carbocycles. The molecule has 1 fully saturated rings. The van der Waals surface area contributed by atoms with E-state index in [0.29, 0.717) is 19.6 Å². The summed E-state index contributed by atoms with van der Waals surface area (Å²) in [6, 6.07) is 9.45. The number of nitrogens with zero attached hydrogens (tertiary/aromatic N) is 3. The average Bonchev–Trinajstić information content (AvgIpc) is 3.13. The molecule has 0 radical (unpaired) electrons. The van der Waals surface area contributed by atoms with Crippen molar-refractivity contribution < 1.29 is 4.79 Å². The summed E-state index contributed by atoms with van der Waals surface area (Å²) < 4.78 is 1.60.